The number of rotatable bonds is 1. The third-order valence-corrected chi connectivity index (χ3v) is 3.76. The average molecular weight is 292 g/mol. The lowest BCUT2D eigenvalue weighted by atomic mass is 9.87. The van der Waals surface area contributed by atoms with Crippen LogP contribution in [-0.4, -0.2) is 9.97 Å². The first-order chi connectivity index (χ1) is 10.3. The Morgan fingerprint density at radius 1 is 0.864 bits per heavy atom. The van der Waals surface area contributed by atoms with Gasteiger partial charge in [-0.1, -0.05) is 45.0 Å². The maximum atomic E-state index is 6.05. The van der Waals surface area contributed by atoms with Crippen LogP contribution in [0.3, 0.4) is 0 Å². The summed E-state index contributed by atoms with van der Waals surface area (Å²) >= 11 is 0. The second-order valence-corrected chi connectivity index (χ2v) is 6.54. The molecule has 3 aromatic rings. The van der Waals surface area contributed by atoms with Gasteiger partial charge in [0.2, 0.25) is 0 Å². The molecule has 0 amide bonds. The molecule has 2 aromatic carbocycles. The highest BCUT2D eigenvalue weighted by atomic mass is 14.9. The summed E-state index contributed by atoms with van der Waals surface area (Å²) < 4.78 is 0. The molecule has 0 aliphatic rings. The molecule has 0 unspecified atom stereocenters. The number of nitrogens with two attached hydrogens (primary N) is 2. The number of nitrogen functional groups attached to an aromatic ring is 2. The van der Waals surface area contributed by atoms with E-state index in [0.717, 1.165) is 16.5 Å². The van der Waals surface area contributed by atoms with Gasteiger partial charge in [-0.3, -0.25) is 0 Å². The van der Waals surface area contributed by atoms with Crippen LogP contribution >= 0.6 is 0 Å². The highest BCUT2D eigenvalue weighted by molar-refractivity contribution is 5.91. The minimum atomic E-state index is 0.121. The number of fused-ring (bicyclic) bond motifs is 1. The summed E-state index contributed by atoms with van der Waals surface area (Å²) in [5.41, 5.74) is 15.7. The molecule has 0 saturated carbocycles. The fraction of sp³-hybridized carbons (Fsp3) is 0.222. The summed E-state index contributed by atoms with van der Waals surface area (Å²) in [7, 11) is 0. The van der Waals surface area contributed by atoms with Crippen LogP contribution in [0.15, 0.2) is 42.5 Å². The maximum Gasteiger partial charge on any atom is 0.162 e. The van der Waals surface area contributed by atoms with Gasteiger partial charge in [0.15, 0.2) is 5.82 Å². The van der Waals surface area contributed by atoms with E-state index in [1.54, 1.807) is 6.07 Å². The van der Waals surface area contributed by atoms with Gasteiger partial charge >= 0.3 is 0 Å². The Hall–Kier alpha value is -2.62. The molecule has 0 radical (unpaired) electrons. The molecule has 22 heavy (non-hydrogen) atoms. The van der Waals surface area contributed by atoms with Crippen LogP contribution in [-0.2, 0) is 5.41 Å². The monoisotopic (exact) mass is 292 g/mol. The molecule has 0 saturated heterocycles. The van der Waals surface area contributed by atoms with E-state index in [-0.39, 0.29) is 5.41 Å². The first-order valence-corrected chi connectivity index (χ1v) is 7.28. The Morgan fingerprint density at radius 3 is 2.18 bits per heavy atom. The smallest absolute Gasteiger partial charge is 0.162 e. The van der Waals surface area contributed by atoms with Crippen LogP contribution in [0.2, 0.25) is 0 Å². The Balaban J connectivity index is 2.10. The molecule has 112 valence electrons. The summed E-state index contributed by atoms with van der Waals surface area (Å²) in [4.78, 5) is 9.01. The van der Waals surface area contributed by atoms with Gasteiger partial charge in [-0.2, -0.15) is 0 Å². The zero-order valence-electron chi connectivity index (χ0n) is 13.1. The van der Waals surface area contributed by atoms with Gasteiger partial charge in [-0.15, -0.1) is 0 Å². The van der Waals surface area contributed by atoms with E-state index in [4.69, 9.17) is 11.5 Å². The van der Waals surface area contributed by atoms with Crippen molar-refractivity contribution in [2.45, 2.75) is 26.2 Å². The van der Waals surface area contributed by atoms with Crippen LogP contribution < -0.4 is 11.5 Å². The van der Waals surface area contributed by atoms with Crippen molar-refractivity contribution < 1.29 is 0 Å². The number of hydrogen-bond acceptors (Lipinski definition) is 4. The molecule has 0 fully saturated rings. The summed E-state index contributed by atoms with van der Waals surface area (Å²) in [5, 5.41) is 0.823. The normalized spacial score (nSPS) is 11.8. The minimum Gasteiger partial charge on any atom is -0.399 e. The van der Waals surface area contributed by atoms with Gasteiger partial charge in [0.05, 0.1) is 5.52 Å². The Labute approximate surface area is 130 Å². The molecule has 0 aliphatic carbocycles. The molecule has 3 rings (SSSR count). The minimum absolute atomic E-state index is 0.121. The third-order valence-electron chi connectivity index (χ3n) is 3.76. The van der Waals surface area contributed by atoms with Crippen molar-refractivity contribution in [2.75, 3.05) is 11.5 Å². The van der Waals surface area contributed by atoms with Crippen LogP contribution in [0.1, 0.15) is 26.3 Å². The van der Waals surface area contributed by atoms with Crippen LogP contribution in [0.4, 0.5) is 11.5 Å². The SMILES string of the molecule is CC(C)(C)c1ccc(-c2nc(N)c3ccc(N)cc3n2)cc1. The lowest BCUT2D eigenvalue weighted by molar-refractivity contribution is 0.590. The van der Waals surface area contributed by atoms with E-state index in [9.17, 15) is 0 Å². The second kappa shape index (κ2) is 4.98. The van der Waals surface area contributed by atoms with Crippen molar-refractivity contribution in [1.29, 1.82) is 0 Å². The van der Waals surface area contributed by atoms with E-state index < -0.39 is 0 Å². The topological polar surface area (TPSA) is 77.8 Å². The Bertz CT molecular complexity index is 830. The van der Waals surface area contributed by atoms with Crippen molar-refractivity contribution >= 4 is 22.4 Å². The molecule has 1 heterocycles. The summed E-state index contributed by atoms with van der Waals surface area (Å²) in [6.45, 7) is 6.57. The van der Waals surface area contributed by atoms with Crippen molar-refractivity contribution in [3.8, 4) is 11.4 Å². The lowest BCUT2D eigenvalue weighted by Gasteiger charge is -2.19. The first-order valence-electron chi connectivity index (χ1n) is 7.28. The standard InChI is InChI=1S/C18H20N4/c1-18(2,3)12-6-4-11(5-7-12)17-21-15-10-13(19)8-9-14(15)16(20)22-17/h4-10H,19H2,1-3H3,(H2,20,21,22). The van der Waals surface area contributed by atoms with E-state index in [2.05, 4.69) is 42.9 Å². The second-order valence-electron chi connectivity index (χ2n) is 6.54. The molecule has 4 nitrogen and oxygen atoms in total. The van der Waals surface area contributed by atoms with Crippen molar-refractivity contribution in [2.24, 2.45) is 0 Å². The Morgan fingerprint density at radius 2 is 1.55 bits per heavy atom. The zero-order chi connectivity index (χ0) is 15.9. The van der Waals surface area contributed by atoms with Crippen molar-refractivity contribution in [1.82, 2.24) is 9.97 Å². The molecular formula is C18H20N4. The quantitative estimate of drug-likeness (QED) is 0.669. The largest absolute Gasteiger partial charge is 0.399 e. The van der Waals surface area contributed by atoms with E-state index in [1.807, 2.05) is 24.3 Å². The zero-order valence-corrected chi connectivity index (χ0v) is 13.1. The number of aromatic nitrogens is 2. The van der Waals surface area contributed by atoms with Gasteiger partial charge in [0.25, 0.3) is 0 Å². The third kappa shape index (κ3) is 2.60. The van der Waals surface area contributed by atoms with E-state index >= 15 is 0 Å². The van der Waals surface area contributed by atoms with Crippen molar-refractivity contribution in [3.05, 3.63) is 48.0 Å². The fourth-order valence-corrected chi connectivity index (χ4v) is 2.42. The van der Waals surface area contributed by atoms with Crippen LogP contribution in [0, 0.1) is 0 Å². The van der Waals surface area contributed by atoms with E-state index in [1.165, 1.54) is 5.56 Å². The van der Waals surface area contributed by atoms with Gasteiger partial charge < -0.3 is 11.5 Å². The molecular weight excluding hydrogens is 272 g/mol. The van der Waals surface area contributed by atoms with E-state index in [0.29, 0.717) is 17.3 Å². The predicted molar refractivity (Wildman–Crippen MR) is 92.5 cm³/mol. The molecule has 0 bridgehead atoms. The van der Waals surface area contributed by atoms with Gasteiger partial charge in [-0.25, -0.2) is 9.97 Å². The fourth-order valence-electron chi connectivity index (χ4n) is 2.42. The Kier molecular flexibility index (Phi) is 3.24. The van der Waals surface area contributed by atoms with Crippen LogP contribution in [0.25, 0.3) is 22.3 Å². The molecule has 1 aromatic heterocycles. The molecule has 0 atom stereocenters. The van der Waals surface area contributed by atoms with Gasteiger partial charge in [-0.05, 0) is 29.2 Å². The number of benzene rings is 2. The predicted octanol–water partition coefficient (Wildman–Crippen LogP) is 3.76. The summed E-state index contributed by atoms with van der Waals surface area (Å²) in [5.74, 6) is 1.09. The van der Waals surface area contributed by atoms with Gasteiger partial charge in [0, 0.05) is 16.6 Å². The summed E-state index contributed by atoms with van der Waals surface area (Å²) in [6.07, 6.45) is 0. The molecule has 4 heteroatoms. The highest BCUT2D eigenvalue weighted by Gasteiger charge is 2.14. The van der Waals surface area contributed by atoms with Crippen molar-refractivity contribution in [3.63, 3.8) is 0 Å². The lowest BCUT2D eigenvalue weighted by Crippen LogP contribution is -2.10. The summed E-state index contributed by atoms with van der Waals surface area (Å²) in [6, 6.07) is 13.8. The molecule has 0 spiro atoms. The number of hydrogen-bond donors (Lipinski definition) is 2. The van der Waals surface area contributed by atoms with Gasteiger partial charge in [0.1, 0.15) is 5.82 Å². The number of anilines is 2. The first kappa shape index (κ1) is 14.3. The van der Waals surface area contributed by atoms with Crippen LogP contribution in [0.5, 0.6) is 0 Å². The number of nitrogens with zero attached hydrogens (tertiary/aromatic N) is 2. The average Bonchev–Trinajstić information content (AvgIpc) is 2.46. The maximum absolute atomic E-state index is 6.05. The molecule has 4 N–H and O–H groups in total. The molecule has 0 aliphatic heterocycles. The highest BCUT2D eigenvalue weighted by Crippen LogP contribution is 2.27.